The second kappa shape index (κ2) is 5.66. The normalized spacial score (nSPS) is 12.6. The molecule has 1 unspecified atom stereocenters. The van der Waals surface area contributed by atoms with E-state index in [1.807, 2.05) is 0 Å². The van der Waals surface area contributed by atoms with E-state index in [2.05, 4.69) is 15.5 Å². The molecule has 8 heteroatoms. The number of hydrogen-bond acceptors (Lipinski definition) is 4. The van der Waals surface area contributed by atoms with Crippen LogP contribution in [0.1, 0.15) is 10.5 Å². The third-order valence-corrected chi connectivity index (χ3v) is 1.83. The maximum Gasteiger partial charge on any atom is 0.271 e. The Bertz CT molecular complexity index is 361. The molecule has 0 saturated carbocycles. The molecule has 1 amide bonds. The van der Waals surface area contributed by atoms with Gasteiger partial charge in [-0.1, -0.05) is 11.6 Å². The number of hydrogen-bond donors (Lipinski definition) is 2. The second-order valence-corrected chi connectivity index (χ2v) is 3.24. The molecule has 1 aromatic rings. The topological polar surface area (TPSA) is 75.1 Å². The zero-order chi connectivity index (χ0) is 12.1. The standard InChI is InChI=1S/C8H8ClF2N3O2/c9-6-2-1-4(13-14-6)8(16)12-3-5(15)7(10)11/h1-2,5,7,15H,3H2,(H,12,16). The Kier molecular flexibility index (Phi) is 4.51. The van der Waals surface area contributed by atoms with Gasteiger partial charge in [-0.05, 0) is 12.1 Å². The fraction of sp³-hybridized carbons (Fsp3) is 0.375. The van der Waals surface area contributed by atoms with Gasteiger partial charge in [0, 0.05) is 6.54 Å². The fourth-order valence-corrected chi connectivity index (χ4v) is 0.915. The number of carbonyl (C=O) groups is 1. The summed E-state index contributed by atoms with van der Waals surface area (Å²) in [7, 11) is 0. The first kappa shape index (κ1) is 12.7. The molecule has 2 N–H and O–H groups in total. The molecule has 0 saturated heterocycles. The second-order valence-electron chi connectivity index (χ2n) is 2.85. The number of nitrogens with one attached hydrogen (secondary N) is 1. The molecule has 1 aromatic heterocycles. The van der Waals surface area contributed by atoms with Crippen LogP contribution in [0.5, 0.6) is 0 Å². The molecule has 0 radical (unpaired) electrons. The Morgan fingerprint density at radius 2 is 2.19 bits per heavy atom. The van der Waals surface area contributed by atoms with Crippen molar-refractivity contribution in [2.75, 3.05) is 6.54 Å². The zero-order valence-electron chi connectivity index (χ0n) is 7.90. The van der Waals surface area contributed by atoms with E-state index in [-0.39, 0.29) is 10.8 Å². The summed E-state index contributed by atoms with van der Waals surface area (Å²) < 4.78 is 23.8. The van der Waals surface area contributed by atoms with E-state index < -0.39 is 25.0 Å². The largest absolute Gasteiger partial charge is 0.385 e. The van der Waals surface area contributed by atoms with Gasteiger partial charge in [0.15, 0.2) is 10.8 Å². The van der Waals surface area contributed by atoms with Crippen molar-refractivity contribution in [2.24, 2.45) is 0 Å². The summed E-state index contributed by atoms with van der Waals surface area (Å²) in [5.74, 6) is -0.705. The zero-order valence-corrected chi connectivity index (χ0v) is 8.66. The number of aliphatic hydroxyl groups is 1. The van der Waals surface area contributed by atoms with E-state index in [0.29, 0.717) is 0 Å². The molecule has 0 fully saturated rings. The van der Waals surface area contributed by atoms with Gasteiger partial charge in [0.05, 0.1) is 0 Å². The van der Waals surface area contributed by atoms with Crippen LogP contribution in [0.2, 0.25) is 5.15 Å². The van der Waals surface area contributed by atoms with E-state index >= 15 is 0 Å². The molecule has 5 nitrogen and oxygen atoms in total. The number of rotatable bonds is 4. The third-order valence-electron chi connectivity index (χ3n) is 1.63. The van der Waals surface area contributed by atoms with Crippen molar-refractivity contribution in [1.82, 2.24) is 15.5 Å². The van der Waals surface area contributed by atoms with Crippen LogP contribution in [0.3, 0.4) is 0 Å². The Labute approximate surface area is 94.4 Å². The molecule has 1 rings (SSSR count). The van der Waals surface area contributed by atoms with Gasteiger partial charge in [-0.25, -0.2) is 8.78 Å². The van der Waals surface area contributed by atoms with Crippen molar-refractivity contribution in [3.63, 3.8) is 0 Å². The summed E-state index contributed by atoms with van der Waals surface area (Å²) in [6.45, 7) is -0.555. The lowest BCUT2D eigenvalue weighted by Gasteiger charge is -2.09. The summed E-state index contributed by atoms with van der Waals surface area (Å²) in [6, 6.07) is 2.63. The molecule has 1 atom stereocenters. The van der Waals surface area contributed by atoms with E-state index in [9.17, 15) is 13.6 Å². The van der Waals surface area contributed by atoms with Crippen molar-refractivity contribution in [2.45, 2.75) is 12.5 Å². The number of aliphatic hydroxyl groups excluding tert-OH is 1. The number of nitrogens with zero attached hydrogens (tertiary/aromatic N) is 2. The van der Waals surface area contributed by atoms with Crippen LogP contribution in [0.25, 0.3) is 0 Å². The minimum absolute atomic E-state index is 0.0640. The van der Waals surface area contributed by atoms with Crippen LogP contribution in [0, 0.1) is 0 Å². The SMILES string of the molecule is O=C(NCC(O)C(F)F)c1ccc(Cl)nn1. The predicted molar refractivity (Wildman–Crippen MR) is 51.4 cm³/mol. The summed E-state index contributed by atoms with van der Waals surface area (Å²) in [5, 5.41) is 17.8. The quantitative estimate of drug-likeness (QED) is 0.817. The fourth-order valence-electron chi connectivity index (χ4n) is 0.814. The molecule has 0 spiro atoms. The van der Waals surface area contributed by atoms with Crippen LogP contribution in [-0.2, 0) is 0 Å². The molecule has 0 aliphatic heterocycles. The average Bonchev–Trinajstić information content (AvgIpc) is 2.26. The molecule has 0 aliphatic rings. The van der Waals surface area contributed by atoms with Gasteiger partial charge >= 0.3 is 0 Å². The summed E-state index contributed by atoms with van der Waals surface area (Å²) in [6.07, 6.45) is -4.80. The molecule has 0 bridgehead atoms. The molecular formula is C8H8ClF2N3O2. The lowest BCUT2D eigenvalue weighted by molar-refractivity contribution is -0.00273. The molecule has 1 heterocycles. The van der Waals surface area contributed by atoms with Crippen molar-refractivity contribution < 1.29 is 18.7 Å². The van der Waals surface area contributed by atoms with Crippen molar-refractivity contribution in [3.8, 4) is 0 Å². The average molecular weight is 252 g/mol. The highest BCUT2D eigenvalue weighted by Crippen LogP contribution is 2.02. The Balaban J connectivity index is 2.50. The van der Waals surface area contributed by atoms with Crippen LogP contribution in [0.4, 0.5) is 8.78 Å². The Morgan fingerprint density at radius 1 is 1.50 bits per heavy atom. The first-order valence-electron chi connectivity index (χ1n) is 4.24. The van der Waals surface area contributed by atoms with Gasteiger partial charge in [0.2, 0.25) is 0 Å². The Morgan fingerprint density at radius 3 is 2.69 bits per heavy atom. The highest BCUT2D eigenvalue weighted by Gasteiger charge is 2.18. The number of amides is 1. The monoisotopic (exact) mass is 251 g/mol. The number of alkyl halides is 2. The predicted octanol–water partition coefficient (Wildman–Crippen LogP) is 0.486. The van der Waals surface area contributed by atoms with Gasteiger partial charge in [-0.3, -0.25) is 4.79 Å². The lowest BCUT2D eigenvalue weighted by atomic mass is 10.3. The third kappa shape index (κ3) is 3.67. The van der Waals surface area contributed by atoms with Crippen LogP contribution in [0.15, 0.2) is 12.1 Å². The molecular weight excluding hydrogens is 244 g/mol. The van der Waals surface area contributed by atoms with Crippen molar-refractivity contribution in [3.05, 3.63) is 23.0 Å². The number of carbonyl (C=O) groups excluding carboxylic acids is 1. The Hall–Kier alpha value is -1.34. The first-order valence-corrected chi connectivity index (χ1v) is 4.62. The summed E-state index contributed by atoms with van der Waals surface area (Å²) >= 11 is 5.44. The smallest absolute Gasteiger partial charge is 0.271 e. The first-order chi connectivity index (χ1) is 7.50. The maximum atomic E-state index is 11.9. The highest BCUT2D eigenvalue weighted by atomic mass is 35.5. The van der Waals surface area contributed by atoms with Crippen molar-refractivity contribution in [1.29, 1.82) is 0 Å². The molecule has 88 valence electrons. The van der Waals surface area contributed by atoms with E-state index in [0.717, 1.165) is 0 Å². The highest BCUT2D eigenvalue weighted by molar-refractivity contribution is 6.29. The minimum atomic E-state index is -2.91. The van der Waals surface area contributed by atoms with Crippen LogP contribution >= 0.6 is 11.6 Å². The van der Waals surface area contributed by atoms with Gasteiger partial charge in [-0.2, -0.15) is 0 Å². The van der Waals surface area contributed by atoms with Crippen LogP contribution < -0.4 is 5.32 Å². The van der Waals surface area contributed by atoms with Gasteiger partial charge < -0.3 is 10.4 Å². The minimum Gasteiger partial charge on any atom is -0.385 e. The van der Waals surface area contributed by atoms with Crippen LogP contribution in [-0.4, -0.2) is 40.3 Å². The molecule has 0 aliphatic carbocycles. The van der Waals surface area contributed by atoms with Gasteiger partial charge in [0.1, 0.15) is 6.10 Å². The number of aromatic nitrogens is 2. The van der Waals surface area contributed by atoms with Crippen molar-refractivity contribution >= 4 is 17.5 Å². The van der Waals surface area contributed by atoms with Gasteiger partial charge in [-0.15, -0.1) is 10.2 Å². The van der Waals surface area contributed by atoms with E-state index in [4.69, 9.17) is 16.7 Å². The van der Waals surface area contributed by atoms with E-state index in [1.165, 1.54) is 12.1 Å². The lowest BCUT2D eigenvalue weighted by Crippen LogP contribution is -2.36. The van der Waals surface area contributed by atoms with Gasteiger partial charge in [0.25, 0.3) is 12.3 Å². The van der Waals surface area contributed by atoms with E-state index in [1.54, 1.807) is 0 Å². The number of halogens is 3. The molecule has 16 heavy (non-hydrogen) atoms. The summed E-state index contributed by atoms with van der Waals surface area (Å²) in [4.78, 5) is 11.3. The summed E-state index contributed by atoms with van der Waals surface area (Å²) in [5.41, 5.74) is -0.0640. The molecule has 0 aromatic carbocycles. The maximum absolute atomic E-state index is 11.9.